The van der Waals surface area contributed by atoms with E-state index in [1.807, 2.05) is 13.0 Å². The van der Waals surface area contributed by atoms with Crippen molar-refractivity contribution in [1.29, 1.82) is 0 Å². The Kier molecular flexibility index (Phi) is 1.33. The number of hydrogen-bond donors (Lipinski definition) is 0. The summed E-state index contributed by atoms with van der Waals surface area (Å²) in [6.45, 7) is 3.60. The van der Waals surface area contributed by atoms with Crippen LogP contribution in [0.3, 0.4) is 0 Å². The van der Waals surface area contributed by atoms with Crippen LogP contribution in [-0.2, 0) is 4.79 Å². The van der Waals surface area contributed by atoms with Gasteiger partial charge >= 0.3 is 0 Å². The van der Waals surface area contributed by atoms with Crippen LogP contribution in [0, 0.1) is 0 Å². The predicted molar refractivity (Wildman–Crippen MR) is 31.4 cm³/mol. The third kappa shape index (κ3) is 0.735. The van der Waals surface area contributed by atoms with Gasteiger partial charge in [0.1, 0.15) is 0 Å². The molecule has 1 rings (SSSR count). The Hall–Kier alpha value is -0.790. The lowest BCUT2D eigenvalue weighted by atomic mass is 10.6. The fraction of sp³-hybridized carbons (Fsp3) is 0.500. The molecule has 8 heavy (non-hydrogen) atoms. The Morgan fingerprint density at radius 1 is 1.88 bits per heavy atom. The van der Waals surface area contributed by atoms with Crippen molar-refractivity contribution in [2.75, 3.05) is 13.1 Å². The van der Waals surface area contributed by atoms with Gasteiger partial charge in [-0.2, -0.15) is 0 Å². The normalized spacial score (nSPS) is 18.1. The molecule has 2 heteroatoms. The van der Waals surface area contributed by atoms with Crippen LogP contribution in [0.15, 0.2) is 12.2 Å². The molecule has 0 aromatic rings. The van der Waals surface area contributed by atoms with Crippen LogP contribution < -0.4 is 0 Å². The second-order valence-corrected chi connectivity index (χ2v) is 1.78. The van der Waals surface area contributed by atoms with E-state index in [4.69, 9.17) is 0 Å². The predicted octanol–water partition coefficient (Wildman–Crippen LogP) is 0.405. The van der Waals surface area contributed by atoms with Gasteiger partial charge in [-0.25, -0.2) is 0 Å². The second-order valence-electron chi connectivity index (χ2n) is 1.78. The molecule has 0 unspecified atom stereocenters. The van der Waals surface area contributed by atoms with Crippen LogP contribution >= 0.6 is 0 Å². The fourth-order valence-corrected chi connectivity index (χ4v) is 0.761. The van der Waals surface area contributed by atoms with E-state index >= 15 is 0 Å². The quantitative estimate of drug-likeness (QED) is 0.479. The summed E-state index contributed by atoms with van der Waals surface area (Å²) in [4.78, 5) is 12.4. The molecule has 0 fully saturated rings. The first-order chi connectivity index (χ1) is 3.84. The van der Waals surface area contributed by atoms with E-state index in [-0.39, 0.29) is 5.91 Å². The van der Waals surface area contributed by atoms with Gasteiger partial charge in [0.2, 0.25) is 5.91 Å². The van der Waals surface area contributed by atoms with Crippen molar-refractivity contribution in [2.24, 2.45) is 0 Å². The van der Waals surface area contributed by atoms with Crippen LogP contribution in [0.5, 0.6) is 0 Å². The first-order valence-corrected chi connectivity index (χ1v) is 2.80. The molecule has 1 aliphatic rings. The highest BCUT2D eigenvalue weighted by molar-refractivity contribution is 5.89. The molecule has 0 aliphatic carbocycles. The molecule has 0 bridgehead atoms. The Labute approximate surface area is 48.8 Å². The summed E-state index contributed by atoms with van der Waals surface area (Å²) < 4.78 is 0. The molecule has 0 spiro atoms. The van der Waals surface area contributed by atoms with E-state index in [9.17, 15) is 4.79 Å². The van der Waals surface area contributed by atoms with Gasteiger partial charge in [-0.05, 0) is 6.92 Å². The lowest BCUT2D eigenvalue weighted by molar-refractivity contribution is -0.124. The molecule has 0 aromatic carbocycles. The highest BCUT2D eigenvalue weighted by Gasteiger charge is 2.10. The summed E-state index contributed by atoms with van der Waals surface area (Å²) in [5, 5.41) is 0. The van der Waals surface area contributed by atoms with E-state index < -0.39 is 0 Å². The average Bonchev–Trinajstić information content (AvgIpc) is 2.14. The van der Waals surface area contributed by atoms with Crippen molar-refractivity contribution in [1.82, 2.24) is 4.90 Å². The van der Waals surface area contributed by atoms with Gasteiger partial charge in [0.25, 0.3) is 0 Å². The van der Waals surface area contributed by atoms with Crippen LogP contribution in [0.4, 0.5) is 0 Å². The molecule has 1 heterocycles. The van der Waals surface area contributed by atoms with Gasteiger partial charge in [-0.15, -0.1) is 0 Å². The number of hydrogen-bond acceptors (Lipinski definition) is 1. The SMILES string of the molecule is CCN1CC=CC1=O. The molecule has 44 valence electrons. The molecule has 1 aliphatic heterocycles. The van der Waals surface area contributed by atoms with Crippen molar-refractivity contribution in [3.05, 3.63) is 12.2 Å². The summed E-state index contributed by atoms with van der Waals surface area (Å²) in [6, 6.07) is 0. The van der Waals surface area contributed by atoms with Gasteiger partial charge in [0.15, 0.2) is 0 Å². The summed E-state index contributed by atoms with van der Waals surface area (Å²) in [5.41, 5.74) is 0. The maximum Gasteiger partial charge on any atom is 0.246 e. The van der Waals surface area contributed by atoms with Crippen molar-refractivity contribution in [2.45, 2.75) is 6.92 Å². The summed E-state index contributed by atoms with van der Waals surface area (Å²) in [7, 11) is 0. The monoisotopic (exact) mass is 111 g/mol. The molecule has 1 amide bonds. The number of carbonyl (C=O) groups excluding carboxylic acids is 1. The zero-order chi connectivity index (χ0) is 5.98. The molecule has 0 N–H and O–H groups in total. The first-order valence-electron chi connectivity index (χ1n) is 2.80. The topological polar surface area (TPSA) is 20.3 Å². The second kappa shape index (κ2) is 1.99. The number of carbonyl (C=O) groups is 1. The van der Waals surface area contributed by atoms with E-state index in [1.54, 1.807) is 11.0 Å². The van der Waals surface area contributed by atoms with Crippen molar-refractivity contribution < 1.29 is 4.79 Å². The van der Waals surface area contributed by atoms with E-state index in [1.165, 1.54) is 0 Å². The minimum atomic E-state index is 0.146. The van der Waals surface area contributed by atoms with Gasteiger partial charge in [-0.1, -0.05) is 6.08 Å². The molecular formula is C6H9NO. The van der Waals surface area contributed by atoms with E-state index in [0.717, 1.165) is 13.1 Å². The summed E-state index contributed by atoms with van der Waals surface area (Å²) in [6.07, 6.45) is 3.50. The lowest BCUT2D eigenvalue weighted by Crippen LogP contribution is -2.24. The smallest absolute Gasteiger partial charge is 0.246 e. The number of rotatable bonds is 1. The van der Waals surface area contributed by atoms with Gasteiger partial charge in [0.05, 0.1) is 0 Å². The Bertz CT molecular complexity index is 128. The van der Waals surface area contributed by atoms with Crippen molar-refractivity contribution in [3.8, 4) is 0 Å². The zero-order valence-electron chi connectivity index (χ0n) is 4.92. The molecule has 0 saturated heterocycles. The number of amides is 1. The summed E-state index contributed by atoms with van der Waals surface area (Å²) >= 11 is 0. The Morgan fingerprint density at radius 3 is 2.88 bits per heavy atom. The van der Waals surface area contributed by atoms with Crippen LogP contribution in [0.1, 0.15) is 6.92 Å². The molecule has 0 atom stereocenters. The highest BCUT2D eigenvalue weighted by Crippen LogP contribution is 1.98. The third-order valence-electron chi connectivity index (χ3n) is 1.28. The van der Waals surface area contributed by atoms with Gasteiger partial charge in [-0.3, -0.25) is 4.79 Å². The zero-order valence-corrected chi connectivity index (χ0v) is 4.92. The highest BCUT2D eigenvalue weighted by atomic mass is 16.2. The number of nitrogens with zero attached hydrogens (tertiary/aromatic N) is 1. The minimum Gasteiger partial charge on any atom is -0.336 e. The minimum absolute atomic E-state index is 0.146. The maximum atomic E-state index is 10.6. The van der Waals surface area contributed by atoms with Crippen LogP contribution in [0.2, 0.25) is 0 Å². The molecule has 2 nitrogen and oxygen atoms in total. The summed E-state index contributed by atoms with van der Waals surface area (Å²) in [5.74, 6) is 0.146. The van der Waals surface area contributed by atoms with Crippen LogP contribution in [0.25, 0.3) is 0 Å². The van der Waals surface area contributed by atoms with Gasteiger partial charge < -0.3 is 4.90 Å². The average molecular weight is 111 g/mol. The fourth-order valence-electron chi connectivity index (χ4n) is 0.761. The molecule has 0 aromatic heterocycles. The van der Waals surface area contributed by atoms with Crippen LogP contribution in [-0.4, -0.2) is 23.9 Å². The van der Waals surface area contributed by atoms with Crippen molar-refractivity contribution in [3.63, 3.8) is 0 Å². The first kappa shape index (κ1) is 5.35. The largest absolute Gasteiger partial charge is 0.336 e. The number of likely N-dealkylation sites (N-methyl/N-ethyl adjacent to an activating group) is 1. The molecule has 0 radical (unpaired) electrons. The lowest BCUT2D eigenvalue weighted by Gasteiger charge is -2.10. The Balaban J connectivity index is 2.51. The van der Waals surface area contributed by atoms with E-state index in [2.05, 4.69) is 0 Å². The Morgan fingerprint density at radius 2 is 2.62 bits per heavy atom. The van der Waals surface area contributed by atoms with Crippen molar-refractivity contribution >= 4 is 5.91 Å². The van der Waals surface area contributed by atoms with E-state index in [0.29, 0.717) is 0 Å². The standard InChI is InChI=1S/C6H9NO/c1-2-7-5-3-4-6(7)8/h3-4H,2,5H2,1H3. The molecule has 0 saturated carbocycles. The third-order valence-corrected chi connectivity index (χ3v) is 1.28. The maximum absolute atomic E-state index is 10.6. The molecular weight excluding hydrogens is 102 g/mol. The van der Waals surface area contributed by atoms with Gasteiger partial charge in [0, 0.05) is 19.2 Å².